The summed E-state index contributed by atoms with van der Waals surface area (Å²) in [5.41, 5.74) is 1.16. The number of hydrogen-bond donors (Lipinski definition) is 0. The molecule has 3 fully saturated rings. The minimum Gasteiger partial charge on any atom is -0.370 e. The predicted octanol–water partition coefficient (Wildman–Crippen LogP) is 2.14. The minimum absolute atomic E-state index is 0.00373. The summed E-state index contributed by atoms with van der Waals surface area (Å²) in [6, 6.07) is 10.2. The largest absolute Gasteiger partial charge is 0.370 e. The molecule has 7 nitrogen and oxygen atoms in total. The van der Waals surface area contributed by atoms with Gasteiger partial charge in [-0.1, -0.05) is 30.3 Å². The van der Waals surface area contributed by atoms with Crippen LogP contribution in [0, 0.1) is 0 Å². The summed E-state index contributed by atoms with van der Waals surface area (Å²) in [5, 5.41) is 0. The number of likely N-dealkylation sites (tertiary alicyclic amines) is 1. The fraction of sp³-hybridized carbons (Fsp3) is 0.714. The summed E-state index contributed by atoms with van der Waals surface area (Å²) in [6.45, 7) is 6.88. The van der Waals surface area contributed by atoms with Crippen molar-refractivity contribution in [3.8, 4) is 0 Å². The standard InChI is InChI=1S/C21H31NO6/c1-21(2)27-19(17-12-25-17)20(28-21)18-16(26-14-23-3)9-10-22(18)13-24-11-15-7-5-4-6-8-15/h4-8,16-20H,9-14H2,1-3H3/t16-,17-,18+,19+,20+/m0/s1. The van der Waals surface area contributed by atoms with Crippen LogP contribution in [0.1, 0.15) is 25.8 Å². The molecule has 5 atom stereocenters. The van der Waals surface area contributed by atoms with Gasteiger partial charge in [0.2, 0.25) is 0 Å². The van der Waals surface area contributed by atoms with E-state index in [9.17, 15) is 0 Å². The van der Waals surface area contributed by atoms with Crippen LogP contribution in [0.25, 0.3) is 0 Å². The molecule has 1 aromatic carbocycles. The predicted molar refractivity (Wildman–Crippen MR) is 102 cm³/mol. The zero-order valence-corrected chi connectivity index (χ0v) is 16.9. The zero-order valence-electron chi connectivity index (χ0n) is 16.9. The summed E-state index contributed by atoms with van der Waals surface area (Å²) in [4.78, 5) is 2.30. The van der Waals surface area contributed by atoms with Gasteiger partial charge in [0.1, 0.15) is 25.1 Å². The van der Waals surface area contributed by atoms with E-state index in [2.05, 4.69) is 17.0 Å². The average Bonchev–Trinajstić information content (AvgIpc) is 3.37. The van der Waals surface area contributed by atoms with E-state index in [1.807, 2.05) is 32.0 Å². The molecule has 0 saturated carbocycles. The van der Waals surface area contributed by atoms with Gasteiger partial charge in [-0.25, -0.2) is 0 Å². The molecule has 3 aliphatic heterocycles. The number of hydrogen-bond acceptors (Lipinski definition) is 7. The molecule has 28 heavy (non-hydrogen) atoms. The fourth-order valence-electron chi connectivity index (χ4n) is 4.22. The zero-order chi connectivity index (χ0) is 19.6. The minimum atomic E-state index is -0.633. The lowest BCUT2D eigenvalue weighted by molar-refractivity contribution is -0.162. The Morgan fingerprint density at radius 1 is 1.14 bits per heavy atom. The van der Waals surface area contributed by atoms with Crippen LogP contribution in [-0.2, 0) is 35.0 Å². The molecule has 0 aromatic heterocycles. The van der Waals surface area contributed by atoms with Gasteiger partial charge >= 0.3 is 0 Å². The number of nitrogens with zero attached hydrogens (tertiary/aromatic N) is 1. The van der Waals surface area contributed by atoms with Crippen LogP contribution < -0.4 is 0 Å². The molecule has 0 bridgehead atoms. The molecule has 0 N–H and O–H groups in total. The molecule has 3 saturated heterocycles. The van der Waals surface area contributed by atoms with E-state index in [4.69, 9.17) is 28.4 Å². The SMILES string of the molecule is COCO[C@H]1CCN(COCc2ccccc2)[C@H]1[C@H]1OC(C)(C)O[C@@H]1[C@@H]1CO1. The van der Waals surface area contributed by atoms with Crippen molar-refractivity contribution in [2.45, 2.75) is 63.1 Å². The highest BCUT2D eigenvalue weighted by Gasteiger charge is 2.56. The van der Waals surface area contributed by atoms with Crippen LogP contribution in [0.4, 0.5) is 0 Å². The summed E-state index contributed by atoms with van der Waals surface area (Å²) < 4.78 is 35.2. The molecule has 3 heterocycles. The lowest BCUT2D eigenvalue weighted by Gasteiger charge is -2.33. The third-order valence-electron chi connectivity index (χ3n) is 5.50. The lowest BCUT2D eigenvalue weighted by Crippen LogP contribution is -2.51. The van der Waals surface area contributed by atoms with E-state index in [0.29, 0.717) is 13.3 Å². The second-order valence-corrected chi connectivity index (χ2v) is 8.10. The second kappa shape index (κ2) is 8.75. The summed E-state index contributed by atoms with van der Waals surface area (Å²) >= 11 is 0. The maximum Gasteiger partial charge on any atom is 0.163 e. The van der Waals surface area contributed by atoms with E-state index in [1.165, 1.54) is 0 Å². The van der Waals surface area contributed by atoms with Crippen molar-refractivity contribution in [2.75, 3.05) is 33.8 Å². The second-order valence-electron chi connectivity index (χ2n) is 8.10. The first-order chi connectivity index (χ1) is 13.6. The molecule has 7 heteroatoms. The molecule has 1 aromatic rings. The smallest absolute Gasteiger partial charge is 0.163 e. The highest BCUT2D eigenvalue weighted by atomic mass is 16.8. The van der Waals surface area contributed by atoms with E-state index in [0.717, 1.165) is 25.1 Å². The molecular weight excluding hydrogens is 362 g/mol. The maximum atomic E-state index is 6.33. The van der Waals surface area contributed by atoms with Crippen LogP contribution >= 0.6 is 0 Å². The van der Waals surface area contributed by atoms with Gasteiger partial charge in [-0.05, 0) is 25.8 Å². The van der Waals surface area contributed by atoms with Crippen molar-refractivity contribution in [3.05, 3.63) is 35.9 Å². The van der Waals surface area contributed by atoms with Crippen molar-refractivity contribution in [1.82, 2.24) is 4.90 Å². The molecule has 0 unspecified atom stereocenters. The van der Waals surface area contributed by atoms with Gasteiger partial charge in [0.25, 0.3) is 0 Å². The van der Waals surface area contributed by atoms with E-state index in [1.54, 1.807) is 7.11 Å². The molecule has 156 valence electrons. The molecule has 0 amide bonds. The van der Waals surface area contributed by atoms with Gasteiger partial charge in [0.05, 0.1) is 32.1 Å². The third kappa shape index (κ3) is 4.74. The molecule has 0 aliphatic carbocycles. The number of ether oxygens (including phenoxy) is 6. The van der Waals surface area contributed by atoms with Crippen LogP contribution in [0.5, 0.6) is 0 Å². The van der Waals surface area contributed by atoms with Gasteiger partial charge in [-0.2, -0.15) is 0 Å². The average molecular weight is 393 g/mol. The van der Waals surface area contributed by atoms with E-state index >= 15 is 0 Å². The normalized spacial score (nSPS) is 34.8. The van der Waals surface area contributed by atoms with Crippen LogP contribution in [0.3, 0.4) is 0 Å². The fourth-order valence-corrected chi connectivity index (χ4v) is 4.22. The van der Waals surface area contributed by atoms with Gasteiger partial charge in [0.15, 0.2) is 5.79 Å². The molecule has 0 radical (unpaired) electrons. The Morgan fingerprint density at radius 2 is 1.89 bits per heavy atom. The highest BCUT2D eigenvalue weighted by Crippen LogP contribution is 2.40. The number of epoxide rings is 1. The maximum absolute atomic E-state index is 6.33. The first-order valence-corrected chi connectivity index (χ1v) is 10.0. The molecular formula is C21H31NO6. The van der Waals surface area contributed by atoms with Crippen LogP contribution in [-0.4, -0.2) is 74.9 Å². The van der Waals surface area contributed by atoms with Crippen molar-refractivity contribution in [3.63, 3.8) is 0 Å². The van der Waals surface area contributed by atoms with Crippen molar-refractivity contribution < 1.29 is 28.4 Å². The van der Waals surface area contributed by atoms with Crippen LogP contribution in [0.2, 0.25) is 0 Å². The summed E-state index contributed by atoms with van der Waals surface area (Å²) in [7, 11) is 1.64. The third-order valence-corrected chi connectivity index (χ3v) is 5.50. The molecule has 3 aliphatic rings. The number of rotatable bonds is 9. The Morgan fingerprint density at radius 3 is 2.61 bits per heavy atom. The first-order valence-electron chi connectivity index (χ1n) is 10.0. The topological polar surface area (TPSA) is 61.9 Å². The Kier molecular flexibility index (Phi) is 6.32. The van der Waals surface area contributed by atoms with E-state index < -0.39 is 5.79 Å². The quantitative estimate of drug-likeness (QED) is 0.471. The molecule has 4 rings (SSSR count). The first kappa shape index (κ1) is 20.2. The highest BCUT2D eigenvalue weighted by molar-refractivity contribution is 5.13. The van der Waals surface area contributed by atoms with Gasteiger partial charge in [0, 0.05) is 13.7 Å². The Labute approximate surface area is 166 Å². The van der Waals surface area contributed by atoms with Gasteiger partial charge in [-0.15, -0.1) is 0 Å². The Balaban J connectivity index is 1.44. The summed E-state index contributed by atoms with van der Waals surface area (Å²) in [5.74, 6) is -0.633. The van der Waals surface area contributed by atoms with Gasteiger partial charge in [-0.3, -0.25) is 4.90 Å². The summed E-state index contributed by atoms with van der Waals surface area (Å²) in [6.07, 6.45) is 0.781. The monoisotopic (exact) mass is 393 g/mol. The lowest BCUT2D eigenvalue weighted by atomic mass is 9.99. The van der Waals surface area contributed by atoms with Crippen molar-refractivity contribution in [1.29, 1.82) is 0 Å². The van der Waals surface area contributed by atoms with E-state index in [-0.39, 0.29) is 37.3 Å². The van der Waals surface area contributed by atoms with Crippen molar-refractivity contribution >= 4 is 0 Å². The van der Waals surface area contributed by atoms with Crippen molar-refractivity contribution in [2.24, 2.45) is 0 Å². The Hall–Kier alpha value is -1.06. The van der Waals surface area contributed by atoms with Crippen LogP contribution in [0.15, 0.2) is 30.3 Å². The van der Waals surface area contributed by atoms with Gasteiger partial charge < -0.3 is 28.4 Å². The molecule has 0 spiro atoms. The number of benzene rings is 1. The Bertz CT molecular complexity index is 623. The number of methoxy groups -OCH3 is 1.